The molecule has 0 saturated carbocycles. The van der Waals surface area contributed by atoms with E-state index in [0.29, 0.717) is 18.2 Å². The lowest BCUT2D eigenvalue weighted by Crippen LogP contribution is -2.45. The van der Waals surface area contributed by atoms with Crippen LogP contribution in [-0.4, -0.2) is 70.7 Å². The molecule has 3 aliphatic heterocycles. The molecule has 3 aromatic carbocycles. The van der Waals surface area contributed by atoms with E-state index in [0.717, 1.165) is 59.4 Å². The summed E-state index contributed by atoms with van der Waals surface area (Å²) in [5, 5.41) is 12.6. The van der Waals surface area contributed by atoms with Crippen LogP contribution in [-0.2, 0) is 22.6 Å². The van der Waals surface area contributed by atoms with Crippen LogP contribution in [0.1, 0.15) is 77.1 Å². The standard InChI is InChI=1S/C40H46N4O4/c45-28-29-10-12-32(13-11-29)38-23-37(27-44-21-5-9-36(44)26-43-19-1-2-20-43)47-40(48-38)33-16-14-31(15-17-33)34-7-3-6-30(22-34)24-42-39(46)35-8-4-18-41-25-35/h3-4,6-8,10-18,22,25,36-38,40,45H,1-2,5,9,19-21,23-24,26-28H2,(H,42,46). The normalized spacial score (nSPS) is 23.4. The first-order valence-corrected chi connectivity index (χ1v) is 17.5. The van der Waals surface area contributed by atoms with Gasteiger partial charge >= 0.3 is 0 Å². The number of nitrogens with zero attached hydrogens (tertiary/aromatic N) is 3. The zero-order chi connectivity index (χ0) is 32.7. The van der Waals surface area contributed by atoms with Crippen LogP contribution in [0.25, 0.3) is 11.1 Å². The lowest BCUT2D eigenvalue weighted by Gasteiger charge is -2.39. The molecule has 0 aliphatic carbocycles. The topological polar surface area (TPSA) is 87.2 Å². The SMILES string of the molecule is O=C(NCc1cccc(-c2ccc(C3OC(CN4CCCC4CN4CCCC4)CC(c4ccc(CO)cc4)O3)cc2)c1)c1cccnc1. The molecule has 3 fully saturated rings. The maximum Gasteiger partial charge on any atom is 0.253 e. The molecule has 1 amide bonds. The molecule has 0 bridgehead atoms. The highest BCUT2D eigenvalue weighted by molar-refractivity contribution is 5.93. The van der Waals surface area contributed by atoms with Gasteiger partial charge in [-0.2, -0.15) is 0 Å². The highest BCUT2D eigenvalue weighted by atomic mass is 16.7. The molecule has 7 rings (SSSR count). The Morgan fingerprint density at radius 2 is 1.65 bits per heavy atom. The van der Waals surface area contributed by atoms with Gasteiger partial charge < -0.3 is 24.8 Å². The fourth-order valence-corrected chi connectivity index (χ4v) is 7.38. The maximum absolute atomic E-state index is 12.5. The van der Waals surface area contributed by atoms with Gasteiger partial charge in [0.15, 0.2) is 6.29 Å². The van der Waals surface area contributed by atoms with Crippen molar-refractivity contribution in [3.05, 3.63) is 125 Å². The van der Waals surface area contributed by atoms with Gasteiger partial charge in [0.05, 0.1) is 24.4 Å². The van der Waals surface area contributed by atoms with E-state index < -0.39 is 6.29 Å². The largest absolute Gasteiger partial charge is 0.392 e. The third kappa shape index (κ3) is 8.02. The van der Waals surface area contributed by atoms with Gasteiger partial charge in [-0.15, -0.1) is 0 Å². The van der Waals surface area contributed by atoms with E-state index >= 15 is 0 Å². The Morgan fingerprint density at radius 1 is 0.833 bits per heavy atom. The molecule has 8 nitrogen and oxygen atoms in total. The number of aromatic nitrogens is 1. The van der Waals surface area contributed by atoms with Crippen LogP contribution in [0.4, 0.5) is 0 Å². The van der Waals surface area contributed by atoms with Gasteiger partial charge in [-0.05, 0) is 91.3 Å². The lowest BCUT2D eigenvalue weighted by atomic mass is 9.98. The first-order chi connectivity index (χ1) is 23.6. The number of nitrogens with one attached hydrogen (secondary N) is 1. The van der Waals surface area contributed by atoms with E-state index in [4.69, 9.17) is 9.47 Å². The summed E-state index contributed by atoms with van der Waals surface area (Å²) in [7, 11) is 0. The summed E-state index contributed by atoms with van der Waals surface area (Å²) in [4.78, 5) is 21.9. The Bertz CT molecular complexity index is 1630. The van der Waals surface area contributed by atoms with Crippen LogP contribution >= 0.6 is 0 Å². The van der Waals surface area contributed by atoms with Crippen molar-refractivity contribution in [3.63, 3.8) is 0 Å². The van der Waals surface area contributed by atoms with Gasteiger partial charge in [0.25, 0.3) is 5.91 Å². The summed E-state index contributed by atoms with van der Waals surface area (Å²) in [6, 6.07) is 28.9. The van der Waals surface area contributed by atoms with Crippen LogP contribution in [0.5, 0.6) is 0 Å². The van der Waals surface area contributed by atoms with Crippen LogP contribution in [0.3, 0.4) is 0 Å². The molecule has 4 aromatic rings. The molecule has 0 spiro atoms. The van der Waals surface area contributed by atoms with Crippen molar-refractivity contribution >= 4 is 5.91 Å². The molecule has 4 atom stereocenters. The Balaban J connectivity index is 1.05. The second-order valence-electron chi connectivity index (χ2n) is 13.4. The summed E-state index contributed by atoms with van der Waals surface area (Å²) in [6.07, 6.45) is 8.65. The van der Waals surface area contributed by atoms with Crippen LogP contribution in [0.15, 0.2) is 97.3 Å². The van der Waals surface area contributed by atoms with Crippen molar-refractivity contribution in [1.29, 1.82) is 0 Å². The molecule has 48 heavy (non-hydrogen) atoms. The number of hydrogen-bond donors (Lipinski definition) is 2. The minimum atomic E-state index is -0.478. The van der Waals surface area contributed by atoms with Crippen molar-refractivity contribution in [2.75, 3.05) is 32.7 Å². The van der Waals surface area contributed by atoms with Crippen molar-refractivity contribution in [2.24, 2.45) is 0 Å². The van der Waals surface area contributed by atoms with E-state index in [1.165, 1.54) is 38.8 Å². The molecule has 0 radical (unpaired) electrons. The number of aliphatic hydroxyl groups is 1. The van der Waals surface area contributed by atoms with Crippen molar-refractivity contribution in [3.8, 4) is 11.1 Å². The smallest absolute Gasteiger partial charge is 0.253 e. The van der Waals surface area contributed by atoms with E-state index in [2.05, 4.69) is 68.6 Å². The lowest BCUT2D eigenvalue weighted by molar-refractivity contribution is -0.253. The molecule has 3 saturated heterocycles. The van der Waals surface area contributed by atoms with Crippen molar-refractivity contribution < 1.29 is 19.4 Å². The molecule has 3 aliphatic rings. The third-order valence-electron chi connectivity index (χ3n) is 10.0. The number of ether oxygens (including phenoxy) is 2. The molecule has 8 heteroatoms. The van der Waals surface area contributed by atoms with Crippen molar-refractivity contribution in [1.82, 2.24) is 20.1 Å². The average Bonchev–Trinajstić information content (AvgIpc) is 3.83. The number of pyridine rings is 1. The molecular weight excluding hydrogens is 600 g/mol. The number of rotatable bonds is 11. The maximum atomic E-state index is 12.5. The highest BCUT2D eigenvalue weighted by Gasteiger charge is 2.36. The highest BCUT2D eigenvalue weighted by Crippen LogP contribution is 2.39. The number of carbonyl (C=O) groups is 1. The van der Waals surface area contributed by atoms with Gasteiger partial charge in [0.2, 0.25) is 0 Å². The van der Waals surface area contributed by atoms with E-state index in [-0.39, 0.29) is 24.7 Å². The summed E-state index contributed by atoms with van der Waals surface area (Å²) in [6.45, 7) is 6.12. The van der Waals surface area contributed by atoms with Crippen LogP contribution in [0, 0.1) is 0 Å². The van der Waals surface area contributed by atoms with E-state index in [1.807, 2.05) is 24.3 Å². The number of hydrogen-bond acceptors (Lipinski definition) is 7. The number of benzene rings is 3. The van der Waals surface area contributed by atoms with Crippen molar-refractivity contribution in [2.45, 2.75) is 69.8 Å². The summed E-state index contributed by atoms with van der Waals surface area (Å²) in [5.74, 6) is -0.141. The van der Waals surface area contributed by atoms with Gasteiger partial charge in [-0.1, -0.05) is 66.7 Å². The predicted molar refractivity (Wildman–Crippen MR) is 186 cm³/mol. The summed E-state index contributed by atoms with van der Waals surface area (Å²) < 4.78 is 13.4. The number of aliphatic hydroxyl groups excluding tert-OH is 1. The fraction of sp³-hybridized carbons (Fsp3) is 0.400. The second-order valence-corrected chi connectivity index (χ2v) is 13.4. The summed E-state index contributed by atoms with van der Waals surface area (Å²) in [5.41, 5.74) is 6.75. The quantitative estimate of drug-likeness (QED) is 0.199. The van der Waals surface area contributed by atoms with Gasteiger partial charge in [-0.3, -0.25) is 14.7 Å². The third-order valence-corrected chi connectivity index (χ3v) is 10.0. The molecule has 1 aromatic heterocycles. The van der Waals surface area contributed by atoms with Gasteiger partial charge in [-0.25, -0.2) is 0 Å². The zero-order valence-electron chi connectivity index (χ0n) is 27.5. The Hall–Kier alpha value is -3.92. The van der Waals surface area contributed by atoms with E-state index in [9.17, 15) is 9.90 Å². The Kier molecular flexibility index (Phi) is 10.6. The molecule has 4 unspecified atom stereocenters. The zero-order valence-corrected chi connectivity index (χ0v) is 27.5. The minimum absolute atomic E-state index is 0.0306. The Labute approximate surface area is 283 Å². The number of carbonyl (C=O) groups excluding carboxylic acids is 1. The first kappa shape index (κ1) is 32.6. The monoisotopic (exact) mass is 646 g/mol. The average molecular weight is 647 g/mol. The van der Waals surface area contributed by atoms with E-state index in [1.54, 1.807) is 24.5 Å². The molecular formula is C40H46N4O4. The number of likely N-dealkylation sites (tertiary alicyclic amines) is 2. The van der Waals surface area contributed by atoms with Crippen LogP contribution < -0.4 is 5.32 Å². The van der Waals surface area contributed by atoms with Gasteiger partial charge in [0, 0.05) is 50.1 Å². The number of amides is 1. The molecule has 250 valence electrons. The second kappa shape index (κ2) is 15.5. The molecule has 4 heterocycles. The minimum Gasteiger partial charge on any atom is -0.392 e. The van der Waals surface area contributed by atoms with Crippen LogP contribution in [0.2, 0.25) is 0 Å². The fourth-order valence-electron chi connectivity index (χ4n) is 7.38. The predicted octanol–water partition coefficient (Wildman–Crippen LogP) is 6.28. The molecule has 2 N–H and O–H groups in total. The Morgan fingerprint density at radius 3 is 2.42 bits per heavy atom. The first-order valence-electron chi connectivity index (χ1n) is 17.5. The summed E-state index contributed by atoms with van der Waals surface area (Å²) >= 11 is 0. The van der Waals surface area contributed by atoms with Gasteiger partial charge in [0.1, 0.15) is 0 Å².